The van der Waals surface area contributed by atoms with E-state index in [-0.39, 0.29) is 15.9 Å². The van der Waals surface area contributed by atoms with Gasteiger partial charge < -0.3 is 5.32 Å². The van der Waals surface area contributed by atoms with Gasteiger partial charge in [0.25, 0.3) is 0 Å². The average molecular weight is 316 g/mol. The lowest BCUT2D eigenvalue weighted by Crippen LogP contribution is -2.25. The van der Waals surface area contributed by atoms with E-state index in [4.69, 9.17) is 5.14 Å². The Balaban J connectivity index is 2.78. The minimum Gasteiger partial charge on any atom is -0.325 e. The SMILES string of the molecule is CC[C@@H](SC(C)=O)C(=O)Nc1ccc(S(N)(=O)=O)cc1. The predicted octanol–water partition coefficient (Wildman–Crippen LogP) is 1.33. The largest absolute Gasteiger partial charge is 0.325 e. The molecule has 1 amide bonds. The molecule has 0 fully saturated rings. The summed E-state index contributed by atoms with van der Waals surface area (Å²) in [7, 11) is -3.75. The molecule has 0 heterocycles. The first kappa shape index (κ1) is 16.7. The van der Waals surface area contributed by atoms with Crippen LogP contribution < -0.4 is 10.5 Å². The molecule has 0 unspecified atom stereocenters. The Morgan fingerprint density at radius 3 is 2.25 bits per heavy atom. The number of nitrogens with one attached hydrogen (secondary N) is 1. The van der Waals surface area contributed by atoms with Crippen molar-refractivity contribution in [3.8, 4) is 0 Å². The van der Waals surface area contributed by atoms with Gasteiger partial charge in [-0.1, -0.05) is 18.7 Å². The van der Waals surface area contributed by atoms with E-state index < -0.39 is 15.3 Å². The summed E-state index contributed by atoms with van der Waals surface area (Å²) in [5.41, 5.74) is 0.449. The van der Waals surface area contributed by atoms with Gasteiger partial charge >= 0.3 is 0 Å². The summed E-state index contributed by atoms with van der Waals surface area (Å²) in [6.07, 6.45) is 0.519. The van der Waals surface area contributed by atoms with E-state index >= 15 is 0 Å². The standard InChI is InChI=1S/C12H16N2O4S2/c1-3-11(19-8(2)15)12(16)14-9-4-6-10(7-5-9)20(13,17)18/h4-7,11H,3H2,1-2H3,(H,14,16)(H2,13,17,18)/t11-/m1/s1. The third-order valence-electron chi connectivity index (χ3n) is 2.42. The molecule has 0 aliphatic rings. The molecule has 1 rings (SSSR count). The lowest BCUT2D eigenvalue weighted by atomic mass is 10.3. The van der Waals surface area contributed by atoms with Gasteiger partial charge in [-0.3, -0.25) is 9.59 Å². The quantitative estimate of drug-likeness (QED) is 0.852. The minimum absolute atomic E-state index is 0.0272. The highest BCUT2D eigenvalue weighted by Gasteiger charge is 2.19. The molecule has 110 valence electrons. The van der Waals surface area contributed by atoms with E-state index in [2.05, 4.69) is 5.32 Å². The van der Waals surface area contributed by atoms with Crippen LogP contribution in [0.1, 0.15) is 20.3 Å². The summed E-state index contributed by atoms with van der Waals surface area (Å²) in [5.74, 6) is -0.295. The van der Waals surface area contributed by atoms with E-state index in [0.717, 1.165) is 11.8 Å². The molecule has 0 aromatic heterocycles. The number of sulfonamides is 1. The fourth-order valence-corrected chi connectivity index (χ4v) is 2.72. The van der Waals surface area contributed by atoms with Gasteiger partial charge in [0, 0.05) is 12.6 Å². The normalized spacial score (nSPS) is 12.8. The second-order valence-electron chi connectivity index (χ2n) is 4.06. The molecule has 0 saturated carbocycles. The van der Waals surface area contributed by atoms with Crippen molar-refractivity contribution >= 4 is 38.5 Å². The summed E-state index contributed by atoms with van der Waals surface area (Å²) in [4.78, 5) is 22.9. The summed E-state index contributed by atoms with van der Waals surface area (Å²) in [6.45, 7) is 3.21. The van der Waals surface area contributed by atoms with Crippen LogP contribution in [0, 0.1) is 0 Å². The second kappa shape index (κ2) is 6.87. The van der Waals surface area contributed by atoms with Gasteiger partial charge in [0.2, 0.25) is 15.9 Å². The number of hydrogen-bond donors (Lipinski definition) is 2. The smallest absolute Gasteiger partial charge is 0.238 e. The van der Waals surface area contributed by atoms with E-state index in [1.807, 2.05) is 6.92 Å². The Kier molecular flexibility index (Phi) is 5.73. The molecule has 3 N–H and O–H groups in total. The van der Waals surface area contributed by atoms with Crippen molar-refractivity contribution in [2.24, 2.45) is 5.14 Å². The Morgan fingerprint density at radius 2 is 1.85 bits per heavy atom. The number of carbonyl (C=O) groups excluding carboxylic acids is 2. The van der Waals surface area contributed by atoms with Gasteiger partial charge in [-0.15, -0.1) is 0 Å². The number of amides is 1. The number of carbonyl (C=O) groups is 2. The summed E-state index contributed by atoms with van der Waals surface area (Å²) in [5, 5.41) is 7.01. The van der Waals surface area contributed by atoms with Crippen LogP contribution in [0.5, 0.6) is 0 Å². The molecule has 0 radical (unpaired) electrons. The Hall–Kier alpha value is -1.38. The van der Waals surface area contributed by atoms with Crippen molar-refractivity contribution < 1.29 is 18.0 Å². The van der Waals surface area contributed by atoms with Crippen LogP contribution in [0.4, 0.5) is 5.69 Å². The molecule has 0 aliphatic carbocycles. The van der Waals surface area contributed by atoms with Gasteiger partial charge in [0.05, 0.1) is 10.1 Å². The van der Waals surface area contributed by atoms with E-state index in [1.54, 1.807) is 0 Å². The Morgan fingerprint density at radius 1 is 1.30 bits per heavy atom. The maximum Gasteiger partial charge on any atom is 0.238 e. The number of anilines is 1. The first-order chi connectivity index (χ1) is 9.24. The highest BCUT2D eigenvalue weighted by molar-refractivity contribution is 8.14. The van der Waals surface area contributed by atoms with Crippen LogP contribution in [0.15, 0.2) is 29.2 Å². The maximum absolute atomic E-state index is 11.9. The third kappa shape index (κ3) is 4.95. The van der Waals surface area contributed by atoms with Crippen LogP contribution in [-0.4, -0.2) is 24.7 Å². The number of nitrogens with two attached hydrogens (primary N) is 1. The number of benzene rings is 1. The second-order valence-corrected chi connectivity index (χ2v) is 7.01. The Labute approximate surface area is 122 Å². The summed E-state index contributed by atoms with van der Waals surface area (Å²) < 4.78 is 22.2. The number of primary sulfonamides is 1. The zero-order chi connectivity index (χ0) is 15.3. The molecule has 1 aromatic rings. The lowest BCUT2D eigenvalue weighted by Gasteiger charge is -2.13. The zero-order valence-corrected chi connectivity index (χ0v) is 12.8. The van der Waals surface area contributed by atoms with Crippen LogP contribution in [0.2, 0.25) is 0 Å². The monoisotopic (exact) mass is 316 g/mol. The van der Waals surface area contributed by atoms with Crippen LogP contribution in [0.25, 0.3) is 0 Å². The first-order valence-corrected chi connectivity index (χ1v) is 8.27. The molecule has 0 spiro atoms. The zero-order valence-electron chi connectivity index (χ0n) is 11.1. The topological polar surface area (TPSA) is 106 Å². The highest BCUT2D eigenvalue weighted by atomic mass is 32.2. The molecule has 20 heavy (non-hydrogen) atoms. The first-order valence-electron chi connectivity index (χ1n) is 5.85. The maximum atomic E-state index is 11.9. The molecule has 0 saturated heterocycles. The van der Waals surface area contributed by atoms with Crippen molar-refractivity contribution in [1.29, 1.82) is 0 Å². The fraction of sp³-hybridized carbons (Fsp3) is 0.333. The molecule has 0 bridgehead atoms. The molecular formula is C12H16N2O4S2. The molecule has 1 atom stereocenters. The van der Waals surface area contributed by atoms with E-state index in [1.165, 1.54) is 31.2 Å². The number of thioether (sulfide) groups is 1. The van der Waals surface area contributed by atoms with E-state index in [9.17, 15) is 18.0 Å². The van der Waals surface area contributed by atoms with Crippen molar-refractivity contribution in [2.45, 2.75) is 30.4 Å². The van der Waals surface area contributed by atoms with Crippen molar-refractivity contribution in [2.75, 3.05) is 5.32 Å². The highest BCUT2D eigenvalue weighted by Crippen LogP contribution is 2.19. The number of rotatable bonds is 5. The van der Waals surface area contributed by atoms with Crippen molar-refractivity contribution in [3.63, 3.8) is 0 Å². The van der Waals surface area contributed by atoms with Gasteiger partial charge in [-0.25, -0.2) is 13.6 Å². The molecule has 0 aliphatic heterocycles. The van der Waals surface area contributed by atoms with Gasteiger partial charge in [-0.2, -0.15) is 0 Å². The molecule has 6 nitrogen and oxygen atoms in total. The van der Waals surface area contributed by atoms with Crippen LogP contribution >= 0.6 is 11.8 Å². The summed E-state index contributed by atoms with van der Waals surface area (Å²) >= 11 is 0.967. The van der Waals surface area contributed by atoms with Crippen molar-refractivity contribution in [1.82, 2.24) is 0 Å². The molecular weight excluding hydrogens is 300 g/mol. The third-order valence-corrected chi connectivity index (χ3v) is 4.51. The van der Waals surface area contributed by atoms with Crippen LogP contribution in [-0.2, 0) is 19.6 Å². The van der Waals surface area contributed by atoms with Gasteiger partial charge in [-0.05, 0) is 30.7 Å². The molecule has 8 heteroatoms. The summed E-state index contributed by atoms with van der Waals surface area (Å²) in [6, 6.07) is 5.51. The van der Waals surface area contributed by atoms with Crippen LogP contribution in [0.3, 0.4) is 0 Å². The van der Waals surface area contributed by atoms with E-state index in [0.29, 0.717) is 12.1 Å². The predicted molar refractivity (Wildman–Crippen MR) is 78.8 cm³/mol. The fourth-order valence-electron chi connectivity index (χ4n) is 1.47. The minimum atomic E-state index is -3.75. The molecule has 1 aromatic carbocycles. The average Bonchev–Trinajstić information content (AvgIpc) is 2.35. The Bertz CT molecular complexity index is 596. The van der Waals surface area contributed by atoms with Gasteiger partial charge in [0.1, 0.15) is 0 Å². The lowest BCUT2D eigenvalue weighted by molar-refractivity contribution is -0.116. The number of hydrogen-bond acceptors (Lipinski definition) is 5. The van der Waals surface area contributed by atoms with Gasteiger partial charge in [0.15, 0.2) is 5.12 Å². The van der Waals surface area contributed by atoms with Crippen molar-refractivity contribution in [3.05, 3.63) is 24.3 Å².